The fourth-order valence-electron chi connectivity index (χ4n) is 2.18. The van der Waals surface area contributed by atoms with Gasteiger partial charge < -0.3 is 10.1 Å². The number of amides is 1. The van der Waals surface area contributed by atoms with Gasteiger partial charge in [-0.1, -0.05) is 42.0 Å². The van der Waals surface area contributed by atoms with Crippen molar-refractivity contribution in [2.24, 2.45) is 0 Å². The molecule has 0 radical (unpaired) electrons. The Bertz CT molecular complexity index is 728. The number of aryl methyl sites for hydroxylation is 1. The Hall–Kier alpha value is -2.88. The highest BCUT2D eigenvalue weighted by molar-refractivity contribution is 5.96. The van der Waals surface area contributed by atoms with Gasteiger partial charge in [0, 0.05) is 18.7 Å². The molecule has 4 heteroatoms. The van der Waals surface area contributed by atoms with Crippen molar-refractivity contribution < 1.29 is 14.3 Å². The maximum atomic E-state index is 11.7. The Labute approximate surface area is 135 Å². The lowest BCUT2D eigenvalue weighted by atomic mass is 9.96. The molecule has 0 aliphatic carbocycles. The summed E-state index contributed by atoms with van der Waals surface area (Å²) < 4.78 is 4.75. The average molecular weight is 309 g/mol. The van der Waals surface area contributed by atoms with E-state index in [1.807, 2.05) is 43.3 Å². The fourth-order valence-corrected chi connectivity index (χ4v) is 2.18. The largest absolute Gasteiger partial charge is 0.466 e. The number of hydrogen-bond donors (Lipinski definition) is 1. The van der Waals surface area contributed by atoms with Crippen LogP contribution in [0.1, 0.15) is 23.6 Å². The van der Waals surface area contributed by atoms with E-state index in [0.717, 1.165) is 22.3 Å². The molecule has 0 saturated carbocycles. The van der Waals surface area contributed by atoms with Crippen LogP contribution in [0.4, 0.5) is 5.69 Å². The minimum absolute atomic E-state index is 0.124. The summed E-state index contributed by atoms with van der Waals surface area (Å²) in [6.45, 7) is 3.47. The van der Waals surface area contributed by atoms with Crippen molar-refractivity contribution in [2.75, 3.05) is 12.4 Å². The maximum absolute atomic E-state index is 11.7. The van der Waals surface area contributed by atoms with Crippen molar-refractivity contribution in [3.63, 3.8) is 0 Å². The number of carbonyl (C=O) groups is 2. The van der Waals surface area contributed by atoms with Gasteiger partial charge in [-0.05, 0) is 35.8 Å². The van der Waals surface area contributed by atoms with E-state index in [9.17, 15) is 9.59 Å². The summed E-state index contributed by atoms with van der Waals surface area (Å²) in [6, 6.07) is 15.2. The minimum atomic E-state index is -0.411. The van der Waals surface area contributed by atoms with Gasteiger partial charge in [0.2, 0.25) is 5.91 Å². The molecule has 0 fully saturated rings. The van der Waals surface area contributed by atoms with E-state index in [2.05, 4.69) is 5.32 Å². The molecular weight excluding hydrogens is 290 g/mol. The third-order valence-corrected chi connectivity index (χ3v) is 3.34. The van der Waals surface area contributed by atoms with E-state index in [-0.39, 0.29) is 5.91 Å². The second kappa shape index (κ2) is 7.40. The summed E-state index contributed by atoms with van der Waals surface area (Å²) >= 11 is 0. The van der Waals surface area contributed by atoms with Crippen molar-refractivity contribution in [3.05, 3.63) is 71.3 Å². The van der Waals surface area contributed by atoms with Gasteiger partial charge in [-0.25, -0.2) is 4.79 Å². The first kappa shape index (κ1) is 16.5. The molecule has 0 aliphatic heterocycles. The van der Waals surface area contributed by atoms with E-state index >= 15 is 0 Å². The Morgan fingerprint density at radius 1 is 0.957 bits per heavy atom. The van der Waals surface area contributed by atoms with Gasteiger partial charge in [-0.2, -0.15) is 0 Å². The van der Waals surface area contributed by atoms with Gasteiger partial charge in [-0.15, -0.1) is 0 Å². The predicted molar refractivity (Wildman–Crippen MR) is 91.0 cm³/mol. The van der Waals surface area contributed by atoms with Crippen LogP contribution in [0.2, 0.25) is 0 Å². The number of carbonyl (C=O) groups excluding carboxylic acids is 2. The first-order valence-electron chi connectivity index (χ1n) is 7.24. The molecule has 0 aromatic heterocycles. The molecule has 0 atom stereocenters. The van der Waals surface area contributed by atoms with Crippen molar-refractivity contribution in [3.8, 4) is 0 Å². The molecule has 118 valence electrons. The van der Waals surface area contributed by atoms with Crippen molar-refractivity contribution in [1.29, 1.82) is 0 Å². The molecule has 0 spiro atoms. The first-order chi connectivity index (χ1) is 11.0. The molecule has 0 saturated heterocycles. The second-order valence-corrected chi connectivity index (χ2v) is 5.21. The van der Waals surface area contributed by atoms with Crippen LogP contribution in [0.25, 0.3) is 5.57 Å². The molecule has 2 aromatic rings. The van der Waals surface area contributed by atoms with Crippen LogP contribution in [0.5, 0.6) is 0 Å². The third kappa shape index (κ3) is 4.54. The van der Waals surface area contributed by atoms with Crippen molar-refractivity contribution in [1.82, 2.24) is 0 Å². The number of anilines is 1. The normalized spacial score (nSPS) is 11.0. The van der Waals surface area contributed by atoms with Gasteiger partial charge >= 0.3 is 5.97 Å². The van der Waals surface area contributed by atoms with Crippen LogP contribution in [0.3, 0.4) is 0 Å². The number of esters is 1. The lowest BCUT2D eigenvalue weighted by molar-refractivity contribution is -0.134. The quantitative estimate of drug-likeness (QED) is 0.694. The molecule has 4 nitrogen and oxygen atoms in total. The molecule has 0 aliphatic rings. The summed E-state index contributed by atoms with van der Waals surface area (Å²) in [5.74, 6) is -0.534. The zero-order valence-electron chi connectivity index (χ0n) is 13.4. The van der Waals surface area contributed by atoms with Crippen LogP contribution < -0.4 is 5.32 Å². The number of hydrogen-bond acceptors (Lipinski definition) is 3. The summed E-state index contributed by atoms with van der Waals surface area (Å²) in [6.07, 6.45) is 1.47. The van der Waals surface area contributed by atoms with Gasteiger partial charge in [0.25, 0.3) is 0 Å². The fraction of sp³-hybridized carbons (Fsp3) is 0.158. The highest BCUT2D eigenvalue weighted by atomic mass is 16.5. The Morgan fingerprint density at radius 3 is 1.96 bits per heavy atom. The van der Waals surface area contributed by atoms with Crippen LogP contribution in [-0.4, -0.2) is 19.0 Å². The van der Waals surface area contributed by atoms with Crippen LogP contribution in [0, 0.1) is 6.92 Å². The molecule has 2 rings (SSSR count). The second-order valence-electron chi connectivity index (χ2n) is 5.21. The van der Waals surface area contributed by atoms with Crippen molar-refractivity contribution >= 4 is 23.1 Å². The molecule has 23 heavy (non-hydrogen) atoms. The standard InChI is InChI=1S/C19H19NO3/c1-13-4-6-15(7-5-13)18(12-19(22)23-3)16-8-10-17(11-9-16)20-14(2)21/h4-12H,1-3H3,(H,20,21)/b18-12+. The SMILES string of the molecule is COC(=O)/C=C(\c1ccc(C)cc1)c1ccc(NC(C)=O)cc1. The predicted octanol–water partition coefficient (Wildman–Crippen LogP) is 3.56. The van der Waals surface area contributed by atoms with Crippen molar-refractivity contribution in [2.45, 2.75) is 13.8 Å². The number of benzene rings is 2. The van der Waals surface area contributed by atoms with E-state index < -0.39 is 5.97 Å². The zero-order chi connectivity index (χ0) is 16.8. The lowest BCUT2D eigenvalue weighted by Crippen LogP contribution is -2.05. The molecule has 1 N–H and O–H groups in total. The Kier molecular flexibility index (Phi) is 5.31. The molecular formula is C19H19NO3. The van der Waals surface area contributed by atoms with Gasteiger partial charge in [0.1, 0.15) is 0 Å². The molecule has 0 bridgehead atoms. The summed E-state index contributed by atoms with van der Waals surface area (Å²) in [5.41, 5.74) is 4.42. The zero-order valence-corrected chi connectivity index (χ0v) is 13.4. The number of rotatable bonds is 4. The lowest BCUT2D eigenvalue weighted by Gasteiger charge is -2.10. The molecule has 1 amide bonds. The number of ether oxygens (including phenoxy) is 1. The maximum Gasteiger partial charge on any atom is 0.331 e. The van der Waals surface area contributed by atoms with Crippen LogP contribution in [0.15, 0.2) is 54.6 Å². The van der Waals surface area contributed by atoms with Gasteiger partial charge in [0.05, 0.1) is 7.11 Å². The van der Waals surface area contributed by atoms with E-state index in [4.69, 9.17) is 4.74 Å². The minimum Gasteiger partial charge on any atom is -0.466 e. The summed E-state index contributed by atoms with van der Waals surface area (Å²) in [5, 5.41) is 2.72. The number of nitrogens with one attached hydrogen (secondary N) is 1. The Morgan fingerprint density at radius 2 is 1.48 bits per heavy atom. The molecule has 2 aromatic carbocycles. The molecule has 0 unspecified atom stereocenters. The summed E-state index contributed by atoms with van der Waals surface area (Å²) in [7, 11) is 1.35. The summed E-state index contributed by atoms with van der Waals surface area (Å²) in [4.78, 5) is 22.8. The number of methoxy groups -OCH3 is 1. The average Bonchev–Trinajstić information content (AvgIpc) is 2.54. The third-order valence-electron chi connectivity index (χ3n) is 3.34. The van der Waals surface area contributed by atoms with Gasteiger partial charge in [-0.3, -0.25) is 4.79 Å². The highest BCUT2D eigenvalue weighted by Crippen LogP contribution is 2.25. The smallest absolute Gasteiger partial charge is 0.331 e. The topological polar surface area (TPSA) is 55.4 Å². The van der Waals surface area contributed by atoms with E-state index in [1.165, 1.54) is 20.1 Å². The highest BCUT2D eigenvalue weighted by Gasteiger charge is 2.08. The Balaban J connectivity index is 2.41. The van der Waals surface area contributed by atoms with Crippen LogP contribution in [-0.2, 0) is 14.3 Å². The van der Waals surface area contributed by atoms with Crippen LogP contribution >= 0.6 is 0 Å². The molecule has 0 heterocycles. The first-order valence-corrected chi connectivity index (χ1v) is 7.24. The van der Waals surface area contributed by atoms with Gasteiger partial charge in [0.15, 0.2) is 0 Å². The van der Waals surface area contributed by atoms with E-state index in [0.29, 0.717) is 5.69 Å². The monoisotopic (exact) mass is 309 g/mol. The van der Waals surface area contributed by atoms with E-state index in [1.54, 1.807) is 12.1 Å².